The lowest BCUT2D eigenvalue weighted by molar-refractivity contribution is -0.114. The highest BCUT2D eigenvalue weighted by Gasteiger charge is 2.45. The molecule has 3 rings (SSSR count). The van der Waals surface area contributed by atoms with Gasteiger partial charge in [-0.05, 0) is 13.8 Å². The van der Waals surface area contributed by atoms with Gasteiger partial charge in [-0.15, -0.1) is 10.9 Å². The molecule has 1 aliphatic rings. The zero-order valence-corrected chi connectivity index (χ0v) is 14.2. The number of allylic oxidation sites excluding steroid dienone is 2. The van der Waals surface area contributed by atoms with E-state index >= 15 is 0 Å². The van der Waals surface area contributed by atoms with Crippen molar-refractivity contribution >= 4 is 28.9 Å². The largest absolute Gasteiger partial charge is 0.692 e. The average molecular weight is 358 g/mol. The van der Waals surface area contributed by atoms with Gasteiger partial charge in [0, 0.05) is 0 Å². The number of halogens is 3. The first-order chi connectivity index (χ1) is 12.3. The maximum Gasteiger partial charge on any atom is 0.430 e. The fourth-order valence-corrected chi connectivity index (χ4v) is 3.29. The number of rotatable bonds is 3. The van der Waals surface area contributed by atoms with Crippen LogP contribution >= 0.6 is 0 Å². The van der Waals surface area contributed by atoms with E-state index in [0.29, 0.717) is 10.9 Å². The van der Waals surface area contributed by atoms with Crippen LogP contribution < -0.4 is 10.9 Å². The Kier molecular flexibility index (Phi) is 4.48. The van der Waals surface area contributed by atoms with Crippen molar-refractivity contribution in [3.8, 4) is 0 Å². The molecule has 1 heterocycles. The number of Topliss-reactive ketones (excluding diaryl/α,β-unsaturated/α-hetero) is 1. The van der Waals surface area contributed by atoms with Crippen molar-refractivity contribution in [1.29, 1.82) is 0 Å². The highest BCUT2D eigenvalue weighted by molar-refractivity contribution is 6.97. The molecule has 7 heteroatoms. The number of hydrogen-bond donors (Lipinski definition) is 0. The number of carbonyl (C=O) groups excluding carboxylic acids is 1. The number of hydrogen-bond acceptors (Lipinski definition) is 3. The van der Waals surface area contributed by atoms with Gasteiger partial charge in [0.05, 0.1) is 11.3 Å². The summed E-state index contributed by atoms with van der Waals surface area (Å²) in [5, 5.41) is 0. The third-order valence-electron chi connectivity index (χ3n) is 4.37. The molecule has 0 amide bonds. The van der Waals surface area contributed by atoms with Crippen molar-refractivity contribution < 1.29 is 22.6 Å². The number of ketones is 1. The monoisotopic (exact) mass is 358 g/mol. The van der Waals surface area contributed by atoms with Gasteiger partial charge in [0.25, 0.3) is 0 Å². The molecular formula is C19H16BF3NO2-. The Balaban J connectivity index is 2.34. The van der Waals surface area contributed by atoms with Gasteiger partial charge in [-0.1, -0.05) is 60.7 Å². The van der Waals surface area contributed by atoms with E-state index in [1.54, 1.807) is 60.7 Å². The second kappa shape index (κ2) is 6.48. The van der Waals surface area contributed by atoms with Crippen LogP contribution in [0.2, 0.25) is 0 Å². The molecule has 1 aliphatic heterocycles. The van der Waals surface area contributed by atoms with Crippen molar-refractivity contribution in [3.05, 3.63) is 72.0 Å². The summed E-state index contributed by atoms with van der Waals surface area (Å²) in [6, 6.07) is 17.1. The van der Waals surface area contributed by atoms with Crippen molar-refractivity contribution in [2.45, 2.75) is 20.0 Å². The van der Waals surface area contributed by atoms with Crippen molar-refractivity contribution in [2.24, 2.45) is 4.90 Å². The summed E-state index contributed by atoms with van der Waals surface area (Å²) < 4.78 is 47.2. The first-order valence-corrected chi connectivity index (χ1v) is 8.09. The summed E-state index contributed by atoms with van der Waals surface area (Å²) in [5.41, 5.74) is -0.715. The Bertz CT molecular complexity index is 851. The summed E-state index contributed by atoms with van der Waals surface area (Å²) in [7, 11) is 0. The van der Waals surface area contributed by atoms with Crippen molar-refractivity contribution in [3.63, 3.8) is 0 Å². The van der Waals surface area contributed by atoms with Crippen LogP contribution in [0.5, 0.6) is 0 Å². The molecule has 0 aliphatic carbocycles. The SMILES string of the molecule is CC(=O)C1=C(C)O[B-](c2ccccc2)(c2ccccc2)N=C1C(F)(F)F. The van der Waals surface area contributed by atoms with Gasteiger partial charge in [0.2, 0.25) is 0 Å². The minimum absolute atomic E-state index is 0.0764. The predicted molar refractivity (Wildman–Crippen MR) is 95.9 cm³/mol. The second-order valence-corrected chi connectivity index (χ2v) is 6.15. The maximum atomic E-state index is 13.7. The second-order valence-electron chi connectivity index (χ2n) is 6.15. The highest BCUT2D eigenvalue weighted by atomic mass is 19.4. The highest BCUT2D eigenvalue weighted by Crippen LogP contribution is 2.32. The van der Waals surface area contributed by atoms with E-state index in [0.717, 1.165) is 6.92 Å². The molecule has 2 aromatic rings. The van der Waals surface area contributed by atoms with Crippen LogP contribution in [-0.2, 0) is 9.45 Å². The van der Waals surface area contributed by atoms with Crippen molar-refractivity contribution in [1.82, 2.24) is 0 Å². The third-order valence-corrected chi connectivity index (χ3v) is 4.37. The lowest BCUT2D eigenvalue weighted by atomic mass is 9.42. The molecule has 0 saturated heterocycles. The first-order valence-electron chi connectivity index (χ1n) is 8.09. The van der Waals surface area contributed by atoms with Crippen LogP contribution in [0.4, 0.5) is 13.2 Å². The van der Waals surface area contributed by atoms with E-state index < -0.39 is 29.7 Å². The fourth-order valence-electron chi connectivity index (χ4n) is 3.29. The quantitative estimate of drug-likeness (QED) is 0.791. The Hall–Kier alpha value is -2.83. The third kappa shape index (κ3) is 3.05. The topological polar surface area (TPSA) is 38.7 Å². The number of carbonyl (C=O) groups is 1. The molecule has 0 bridgehead atoms. The first kappa shape index (κ1) is 18.0. The minimum Gasteiger partial charge on any atom is -0.692 e. The van der Waals surface area contributed by atoms with Gasteiger partial charge >= 0.3 is 12.7 Å². The van der Waals surface area contributed by atoms with Gasteiger partial charge in [-0.2, -0.15) is 13.2 Å². The normalized spacial score (nSPS) is 16.7. The molecule has 134 valence electrons. The molecule has 0 N–H and O–H groups in total. The van der Waals surface area contributed by atoms with E-state index in [9.17, 15) is 18.0 Å². The Morgan fingerprint density at radius 1 is 0.962 bits per heavy atom. The summed E-state index contributed by atoms with van der Waals surface area (Å²) in [6.45, 7) is -0.109. The summed E-state index contributed by atoms with van der Waals surface area (Å²) >= 11 is 0. The van der Waals surface area contributed by atoms with Gasteiger partial charge in [-0.25, -0.2) is 0 Å². The molecule has 0 aromatic heterocycles. The number of nitrogens with zero attached hydrogens (tertiary/aromatic N) is 1. The summed E-state index contributed by atoms with van der Waals surface area (Å²) in [5.74, 6) is -0.809. The van der Waals surface area contributed by atoms with Crippen LogP contribution in [0.1, 0.15) is 13.8 Å². The molecule has 0 radical (unpaired) electrons. The molecule has 3 nitrogen and oxygen atoms in total. The Labute approximate surface area is 149 Å². The van der Waals surface area contributed by atoms with Crippen LogP contribution in [0.15, 0.2) is 76.9 Å². The summed E-state index contributed by atoms with van der Waals surface area (Å²) in [6.07, 6.45) is -4.78. The molecule has 0 fully saturated rings. The molecule has 26 heavy (non-hydrogen) atoms. The fraction of sp³-hybridized carbons (Fsp3) is 0.158. The average Bonchev–Trinajstić information content (AvgIpc) is 2.61. The summed E-state index contributed by atoms with van der Waals surface area (Å²) in [4.78, 5) is 15.9. The minimum atomic E-state index is -4.78. The zero-order chi connectivity index (χ0) is 18.9. The van der Waals surface area contributed by atoms with Crippen LogP contribution in [-0.4, -0.2) is 24.2 Å². The van der Waals surface area contributed by atoms with E-state index in [4.69, 9.17) is 4.65 Å². The zero-order valence-electron chi connectivity index (χ0n) is 14.2. The molecule has 0 saturated carbocycles. The maximum absolute atomic E-state index is 13.7. The van der Waals surface area contributed by atoms with Gasteiger partial charge < -0.3 is 9.56 Å². The van der Waals surface area contributed by atoms with Crippen LogP contribution in [0, 0.1) is 0 Å². The number of alkyl halides is 3. The van der Waals surface area contributed by atoms with Crippen molar-refractivity contribution in [2.75, 3.05) is 0 Å². The smallest absolute Gasteiger partial charge is 0.430 e. The van der Waals surface area contributed by atoms with E-state index in [1.807, 2.05) is 0 Å². The predicted octanol–water partition coefficient (Wildman–Crippen LogP) is 3.14. The Morgan fingerprint density at radius 2 is 1.42 bits per heavy atom. The van der Waals surface area contributed by atoms with Gasteiger partial charge in [0.1, 0.15) is 5.71 Å². The number of benzene rings is 2. The van der Waals surface area contributed by atoms with E-state index in [2.05, 4.69) is 4.90 Å². The van der Waals surface area contributed by atoms with E-state index in [-0.39, 0.29) is 5.76 Å². The Morgan fingerprint density at radius 3 is 1.81 bits per heavy atom. The van der Waals surface area contributed by atoms with Gasteiger partial charge in [-0.3, -0.25) is 4.79 Å². The molecule has 0 unspecified atom stereocenters. The van der Waals surface area contributed by atoms with E-state index in [1.165, 1.54) is 6.92 Å². The molecule has 0 spiro atoms. The molecule has 0 atom stereocenters. The van der Waals surface area contributed by atoms with Crippen LogP contribution in [0.3, 0.4) is 0 Å². The molecular weight excluding hydrogens is 342 g/mol. The molecule has 2 aromatic carbocycles. The lowest BCUT2D eigenvalue weighted by Gasteiger charge is -2.45. The standard InChI is InChI=1S/C19H16BF3NO2/c1-13(25)17-14(2)26-20(15-9-5-3-6-10-15,16-11-7-4-8-12-16)24-18(17)19(21,22)23/h3-12H,1-2H3/q-1. The van der Waals surface area contributed by atoms with Crippen LogP contribution in [0.25, 0.3) is 0 Å². The van der Waals surface area contributed by atoms with Gasteiger partial charge in [0.15, 0.2) is 5.78 Å². The lowest BCUT2D eigenvalue weighted by Crippen LogP contribution is -2.62.